The van der Waals surface area contributed by atoms with Crippen molar-refractivity contribution < 1.29 is 0 Å². The van der Waals surface area contributed by atoms with Crippen molar-refractivity contribution in [3.8, 4) is 0 Å². The molecule has 5 heteroatoms. The molecule has 1 fully saturated rings. The van der Waals surface area contributed by atoms with Gasteiger partial charge in [0.1, 0.15) is 0 Å². The van der Waals surface area contributed by atoms with Crippen molar-refractivity contribution in [1.82, 2.24) is 20.0 Å². The van der Waals surface area contributed by atoms with Crippen molar-refractivity contribution in [2.75, 3.05) is 19.6 Å². The standard InChI is InChI=1S/C12H22N4.ClH/c1-10(2)16-6-4-12(14-16)9-15-7-5-13-8-11(15)3;/h4,6,10-11,13H,5,7-9H2,1-3H3;1H/t11-;/m1./s1. The third-order valence-corrected chi connectivity index (χ3v) is 3.20. The third-order valence-electron chi connectivity index (χ3n) is 3.20. The molecule has 0 saturated carbocycles. The minimum atomic E-state index is 0. The summed E-state index contributed by atoms with van der Waals surface area (Å²) in [6, 6.07) is 3.20. The van der Waals surface area contributed by atoms with Gasteiger partial charge in [-0.1, -0.05) is 0 Å². The average molecular weight is 259 g/mol. The number of nitrogens with zero attached hydrogens (tertiary/aromatic N) is 3. The van der Waals surface area contributed by atoms with Crippen LogP contribution in [0.4, 0.5) is 0 Å². The minimum Gasteiger partial charge on any atom is -0.314 e. The van der Waals surface area contributed by atoms with Crippen LogP contribution in [0.3, 0.4) is 0 Å². The fourth-order valence-electron chi connectivity index (χ4n) is 2.08. The molecule has 17 heavy (non-hydrogen) atoms. The van der Waals surface area contributed by atoms with Crippen molar-refractivity contribution in [1.29, 1.82) is 0 Å². The second-order valence-corrected chi connectivity index (χ2v) is 4.90. The summed E-state index contributed by atoms with van der Waals surface area (Å²) in [6.07, 6.45) is 2.08. The first kappa shape index (κ1) is 14.5. The zero-order valence-electron chi connectivity index (χ0n) is 10.9. The highest BCUT2D eigenvalue weighted by atomic mass is 35.5. The lowest BCUT2D eigenvalue weighted by Crippen LogP contribution is -2.49. The van der Waals surface area contributed by atoms with E-state index in [1.807, 2.05) is 4.68 Å². The molecule has 1 aliphatic heterocycles. The Balaban J connectivity index is 0.00000144. The topological polar surface area (TPSA) is 33.1 Å². The molecule has 1 aromatic heterocycles. The number of rotatable bonds is 3. The van der Waals surface area contributed by atoms with Crippen LogP contribution in [0.15, 0.2) is 12.3 Å². The highest BCUT2D eigenvalue weighted by Crippen LogP contribution is 2.10. The summed E-state index contributed by atoms with van der Waals surface area (Å²) in [5.74, 6) is 0. The van der Waals surface area contributed by atoms with Gasteiger partial charge in [0.2, 0.25) is 0 Å². The van der Waals surface area contributed by atoms with Gasteiger partial charge < -0.3 is 5.32 Å². The summed E-state index contributed by atoms with van der Waals surface area (Å²) in [6.45, 7) is 10.9. The van der Waals surface area contributed by atoms with E-state index >= 15 is 0 Å². The number of hydrogen-bond acceptors (Lipinski definition) is 3. The molecule has 0 aromatic carbocycles. The first-order chi connectivity index (χ1) is 7.66. The predicted molar refractivity (Wildman–Crippen MR) is 72.6 cm³/mol. The first-order valence-corrected chi connectivity index (χ1v) is 6.15. The van der Waals surface area contributed by atoms with Gasteiger partial charge >= 0.3 is 0 Å². The van der Waals surface area contributed by atoms with Crippen molar-refractivity contribution >= 4 is 12.4 Å². The molecule has 1 aromatic rings. The zero-order chi connectivity index (χ0) is 11.5. The van der Waals surface area contributed by atoms with Gasteiger partial charge in [0.25, 0.3) is 0 Å². The van der Waals surface area contributed by atoms with E-state index < -0.39 is 0 Å². The van der Waals surface area contributed by atoms with Crippen LogP contribution >= 0.6 is 12.4 Å². The molecule has 0 unspecified atom stereocenters. The number of halogens is 1. The van der Waals surface area contributed by atoms with E-state index in [-0.39, 0.29) is 12.4 Å². The molecule has 1 saturated heterocycles. The van der Waals surface area contributed by atoms with Gasteiger partial charge in [-0.15, -0.1) is 12.4 Å². The summed E-state index contributed by atoms with van der Waals surface area (Å²) in [5.41, 5.74) is 1.18. The molecule has 1 N–H and O–H groups in total. The molecule has 1 aliphatic rings. The molecule has 0 amide bonds. The highest BCUT2D eigenvalue weighted by Gasteiger charge is 2.18. The summed E-state index contributed by atoms with van der Waals surface area (Å²) in [5, 5.41) is 8.00. The maximum atomic E-state index is 4.59. The number of piperazine rings is 1. The minimum absolute atomic E-state index is 0. The fourth-order valence-corrected chi connectivity index (χ4v) is 2.08. The number of nitrogens with one attached hydrogen (secondary N) is 1. The Morgan fingerprint density at radius 1 is 1.53 bits per heavy atom. The van der Waals surface area contributed by atoms with E-state index in [0.29, 0.717) is 12.1 Å². The largest absolute Gasteiger partial charge is 0.314 e. The Hall–Kier alpha value is -0.580. The van der Waals surface area contributed by atoms with E-state index in [2.05, 4.69) is 48.3 Å². The normalized spacial score (nSPS) is 21.5. The van der Waals surface area contributed by atoms with Crippen LogP contribution in [-0.4, -0.2) is 40.4 Å². The van der Waals surface area contributed by atoms with Crippen molar-refractivity contribution in [2.24, 2.45) is 0 Å². The van der Waals surface area contributed by atoms with Gasteiger partial charge in [0.05, 0.1) is 5.69 Å². The molecule has 0 bridgehead atoms. The molecule has 1 atom stereocenters. The Morgan fingerprint density at radius 2 is 2.29 bits per heavy atom. The molecule has 0 radical (unpaired) electrons. The monoisotopic (exact) mass is 258 g/mol. The van der Waals surface area contributed by atoms with Gasteiger partial charge in [-0.2, -0.15) is 5.10 Å². The van der Waals surface area contributed by atoms with Crippen LogP contribution in [0.5, 0.6) is 0 Å². The summed E-state index contributed by atoms with van der Waals surface area (Å²) >= 11 is 0. The molecule has 2 rings (SSSR count). The van der Waals surface area contributed by atoms with Crippen molar-refractivity contribution in [2.45, 2.75) is 39.4 Å². The molecule has 4 nitrogen and oxygen atoms in total. The maximum absolute atomic E-state index is 4.59. The third kappa shape index (κ3) is 3.69. The first-order valence-electron chi connectivity index (χ1n) is 6.15. The van der Waals surface area contributed by atoms with Gasteiger partial charge in [-0.05, 0) is 26.8 Å². The molecular weight excluding hydrogens is 236 g/mol. The molecule has 98 valence electrons. The molecular formula is C12H23ClN4. The van der Waals surface area contributed by atoms with Gasteiger partial charge in [0, 0.05) is 44.5 Å². The Kier molecular flexibility index (Phi) is 5.43. The summed E-state index contributed by atoms with van der Waals surface area (Å²) in [7, 11) is 0. The van der Waals surface area contributed by atoms with Crippen LogP contribution in [0.25, 0.3) is 0 Å². The Bertz CT molecular complexity index is 337. The Morgan fingerprint density at radius 3 is 2.88 bits per heavy atom. The van der Waals surface area contributed by atoms with Crippen LogP contribution < -0.4 is 5.32 Å². The lowest BCUT2D eigenvalue weighted by atomic mass is 10.2. The van der Waals surface area contributed by atoms with Crippen LogP contribution in [0.1, 0.15) is 32.5 Å². The van der Waals surface area contributed by atoms with Crippen LogP contribution in [0.2, 0.25) is 0 Å². The Labute approximate surface area is 110 Å². The second kappa shape index (κ2) is 6.38. The number of hydrogen-bond donors (Lipinski definition) is 1. The molecule has 0 spiro atoms. The van der Waals surface area contributed by atoms with Crippen molar-refractivity contribution in [3.05, 3.63) is 18.0 Å². The van der Waals surface area contributed by atoms with Crippen molar-refractivity contribution in [3.63, 3.8) is 0 Å². The SMILES string of the molecule is CC(C)n1ccc(CN2CCNC[C@H]2C)n1.Cl. The second-order valence-electron chi connectivity index (χ2n) is 4.90. The lowest BCUT2D eigenvalue weighted by molar-refractivity contribution is 0.163. The van der Waals surface area contributed by atoms with E-state index in [1.54, 1.807) is 0 Å². The highest BCUT2D eigenvalue weighted by molar-refractivity contribution is 5.85. The molecule has 2 heterocycles. The van der Waals surface area contributed by atoms with E-state index in [4.69, 9.17) is 0 Å². The van der Waals surface area contributed by atoms with E-state index in [9.17, 15) is 0 Å². The predicted octanol–water partition coefficient (Wildman–Crippen LogP) is 1.68. The number of aromatic nitrogens is 2. The van der Waals surface area contributed by atoms with E-state index in [1.165, 1.54) is 5.69 Å². The summed E-state index contributed by atoms with van der Waals surface area (Å²) in [4.78, 5) is 2.49. The van der Waals surface area contributed by atoms with Gasteiger partial charge in [0.15, 0.2) is 0 Å². The fraction of sp³-hybridized carbons (Fsp3) is 0.750. The summed E-state index contributed by atoms with van der Waals surface area (Å²) < 4.78 is 2.03. The quantitative estimate of drug-likeness (QED) is 0.896. The van der Waals surface area contributed by atoms with Gasteiger partial charge in [-0.25, -0.2) is 0 Å². The smallest absolute Gasteiger partial charge is 0.0765 e. The van der Waals surface area contributed by atoms with E-state index in [0.717, 1.165) is 26.2 Å². The molecule has 0 aliphatic carbocycles. The van der Waals surface area contributed by atoms with Gasteiger partial charge in [-0.3, -0.25) is 9.58 Å². The van der Waals surface area contributed by atoms with Crippen LogP contribution in [-0.2, 0) is 6.54 Å². The van der Waals surface area contributed by atoms with Crippen LogP contribution in [0, 0.1) is 0 Å². The maximum Gasteiger partial charge on any atom is 0.0765 e. The zero-order valence-corrected chi connectivity index (χ0v) is 11.7. The lowest BCUT2D eigenvalue weighted by Gasteiger charge is -2.33. The average Bonchev–Trinajstić information content (AvgIpc) is 2.70.